The van der Waals surface area contributed by atoms with Gasteiger partial charge >= 0.3 is 0 Å². The van der Waals surface area contributed by atoms with Gasteiger partial charge in [0.1, 0.15) is 5.76 Å². The minimum absolute atomic E-state index is 0.749. The quantitative estimate of drug-likeness (QED) is 0.805. The highest BCUT2D eigenvalue weighted by molar-refractivity contribution is 7.09. The Morgan fingerprint density at radius 2 is 2.30 bits per heavy atom. The number of rotatable bonds is 8. The van der Waals surface area contributed by atoms with Crippen LogP contribution in [0, 0.1) is 0 Å². The van der Waals surface area contributed by atoms with E-state index in [1.807, 2.05) is 17.6 Å². The van der Waals surface area contributed by atoms with Gasteiger partial charge in [0.2, 0.25) is 0 Å². The van der Waals surface area contributed by atoms with Crippen molar-refractivity contribution in [3.05, 3.63) is 46.0 Å². The zero-order chi connectivity index (χ0) is 13.8. The molecular weight excluding hydrogens is 268 g/mol. The molecule has 0 amide bonds. The molecule has 0 unspecified atom stereocenters. The Balaban J connectivity index is 1.52. The molecule has 1 saturated carbocycles. The van der Waals surface area contributed by atoms with Crippen molar-refractivity contribution in [1.29, 1.82) is 0 Å². The van der Waals surface area contributed by atoms with E-state index in [2.05, 4.69) is 40.7 Å². The molecule has 1 N–H and O–H groups in total. The Bertz CT molecular complexity index is 516. The lowest BCUT2D eigenvalue weighted by Gasteiger charge is -2.17. The van der Waals surface area contributed by atoms with Crippen LogP contribution in [0.25, 0.3) is 0 Å². The molecule has 2 heterocycles. The summed E-state index contributed by atoms with van der Waals surface area (Å²) in [6.07, 6.45) is 4.55. The second-order valence-corrected chi connectivity index (χ2v) is 6.49. The van der Waals surface area contributed by atoms with E-state index in [4.69, 9.17) is 4.42 Å². The van der Waals surface area contributed by atoms with Crippen molar-refractivity contribution in [2.45, 2.75) is 45.4 Å². The van der Waals surface area contributed by atoms with Gasteiger partial charge in [0.15, 0.2) is 0 Å². The summed E-state index contributed by atoms with van der Waals surface area (Å²) in [5.41, 5.74) is 1.26. The van der Waals surface area contributed by atoms with Crippen molar-refractivity contribution in [1.82, 2.24) is 10.2 Å². The van der Waals surface area contributed by atoms with Crippen LogP contribution >= 0.6 is 11.3 Å². The number of thiophene rings is 1. The standard InChI is InChI=1S/C16H22N2OS/c1-2-18(11-16-4-3-7-20-16)10-15-8-13(12-19-15)9-17-14-5-6-14/h3-4,7-8,12,14,17H,2,5-6,9-11H2,1H3. The molecule has 0 saturated heterocycles. The van der Waals surface area contributed by atoms with E-state index < -0.39 is 0 Å². The molecule has 3 rings (SSSR count). The van der Waals surface area contributed by atoms with Crippen LogP contribution in [-0.2, 0) is 19.6 Å². The fourth-order valence-electron chi connectivity index (χ4n) is 2.27. The Hall–Kier alpha value is -1.10. The maximum absolute atomic E-state index is 5.69. The van der Waals surface area contributed by atoms with Gasteiger partial charge in [-0.05, 0) is 36.9 Å². The van der Waals surface area contributed by atoms with Crippen molar-refractivity contribution in [3.8, 4) is 0 Å². The van der Waals surface area contributed by atoms with Gasteiger partial charge in [-0.3, -0.25) is 4.90 Å². The highest BCUT2D eigenvalue weighted by Gasteiger charge is 2.20. The van der Waals surface area contributed by atoms with Gasteiger partial charge in [-0.15, -0.1) is 11.3 Å². The number of hydrogen-bond acceptors (Lipinski definition) is 4. The summed E-state index contributed by atoms with van der Waals surface area (Å²) in [4.78, 5) is 3.82. The minimum Gasteiger partial charge on any atom is -0.468 e. The van der Waals surface area contributed by atoms with Crippen LogP contribution in [0.4, 0.5) is 0 Å². The lowest BCUT2D eigenvalue weighted by atomic mass is 10.3. The summed E-state index contributed by atoms with van der Waals surface area (Å²) in [6.45, 7) is 6.06. The summed E-state index contributed by atoms with van der Waals surface area (Å²) >= 11 is 1.82. The predicted molar refractivity (Wildman–Crippen MR) is 82.7 cm³/mol. The van der Waals surface area contributed by atoms with Gasteiger partial charge in [0, 0.05) is 29.6 Å². The van der Waals surface area contributed by atoms with E-state index in [9.17, 15) is 0 Å². The molecule has 2 aromatic heterocycles. The first kappa shape index (κ1) is 13.9. The molecule has 0 aliphatic heterocycles. The third-order valence-electron chi connectivity index (χ3n) is 3.67. The fraction of sp³-hybridized carbons (Fsp3) is 0.500. The average Bonchev–Trinajstić information content (AvgIpc) is 2.96. The minimum atomic E-state index is 0.749. The van der Waals surface area contributed by atoms with Crippen LogP contribution in [0.2, 0.25) is 0 Å². The first-order chi connectivity index (χ1) is 9.83. The summed E-state index contributed by atoms with van der Waals surface area (Å²) in [5.74, 6) is 1.07. The van der Waals surface area contributed by atoms with Crippen LogP contribution < -0.4 is 5.32 Å². The lowest BCUT2D eigenvalue weighted by Crippen LogP contribution is -2.21. The molecular formula is C16H22N2OS. The number of nitrogens with zero attached hydrogens (tertiary/aromatic N) is 1. The molecule has 108 valence electrons. The van der Waals surface area contributed by atoms with Gasteiger partial charge in [-0.2, -0.15) is 0 Å². The Morgan fingerprint density at radius 1 is 1.40 bits per heavy atom. The second kappa shape index (κ2) is 6.57. The van der Waals surface area contributed by atoms with Crippen LogP contribution in [0.1, 0.15) is 36.0 Å². The summed E-state index contributed by atoms with van der Waals surface area (Å²) in [5, 5.41) is 5.65. The normalized spacial score (nSPS) is 15.1. The van der Waals surface area contributed by atoms with Crippen LogP contribution in [-0.4, -0.2) is 17.5 Å². The van der Waals surface area contributed by atoms with E-state index in [0.717, 1.165) is 38.0 Å². The molecule has 0 bridgehead atoms. The molecule has 2 aromatic rings. The molecule has 1 fully saturated rings. The number of hydrogen-bond donors (Lipinski definition) is 1. The molecule has 0 radical (unpaired) electrons. The maximum atomic E-state index is 5.69. The fourth-order valence-corrected chi connectivity index (χ4v) is 3.02. The summed E-state index contributed by atoms with van der Waals surface area (Å²) in [6, 6.07) is 7.24. The van der Waals surface area contributed by atoms with E-state index in [-0.39, 0.29) is 0 Å². The molecule has 1 aliphatic carbocycles. The number of nitrogens with one attached hydrogen (secondary N) is 1. The maximum Gasteiger partial charge on any atom is 0.118 e. The van der Waals surface area contributed by atoms with Crippen molar-refractivity contribution < 1.29 is 4.42 Å². The van der Waals surface area contributed by atoms with Gasteiger partial charge in [-0.1, -0.05) is 13.0 Å². The van der Waals surface area contributed by atoms with E-state index in [1.165, 1.54) is 23.3 Å². The zero-order valence-corrected chi connectivity index (χ0v) is 12.8. The highest BCUT2D eigenvalue weighted by Crippen LogP contribution is 2.20. The van der Waals surface area contributed by atoms with Gasteiger partial charge < -0.3 is 9.73 Å². The van der Waals surface area contributed by atoms with Gasteiger partial charge in [-0.25, -0.2) is 0 Å². The highest BCUT2D eigenvalue weighted by atomic mass is 32.1. The van der Waals surface area contributed by atoms with Crippen LogP contribution in [0.5, 0.6) is 0 Å². The van der Waals surface area contributed by atoms with Gasteiger partial charge in [0.05, 0.1) is 12.8 Å². The summed E-state index contributed by atoms with van der Waals surface area (Å²) < 4.78 is 5.69. The molecule has 0 atom stereocenters. The number of furan rings is 1. The van der Waals surface area contributed by atoms with E-state index in [0.29, 0.717) is 0 Å². The molecule has 0 spiro atoms. The molecule has 20 heavy (non-hydrogen) atoms. The SMILES string of the molecule is CCN(Cc1cc(CNC2CC2)co1)Cc1cccs1. The monoisotopic (exact) mass is 290 g/mol. The van der Waals surface area contributed by atoms with Crippen molar-refractivity contribution in [3.63, 3.8) is 0 Å². The van der Waals surface area contributed by atoms with E-state index >= 15 is 0 Å². The zero-order valence-electron chi connectivity index (χ0n) is 12.0. The topological polar surface area (TPSA) is 28.4 Å². The molecule has 4 heteroatoms. The van der Waals surface area contributed by atoms with Crippen molar-refractivity contribution in [2.24, 2.45) is 0 Å². The molecule has 3 nitrogen and oxygen atoms in total. The van der Waals surface area contributed by atoms with Crippen molar-refractivity contribution in [2.75, 3.05) is 6.54 Å². The van der Waals surface area contributed by atoms with Crippen molar-refractivity contribution >= 4 is 11.3 Å². The third kappa shape index (κ3) is 3.95. The second-order valence-electron chi connectivity index (χ2n) is 5.46. The molecule has 0 aromatic carbocycles. The average molecular weight is 290 g/mol. The Labute approximate surface area is 124 Å². The van der Waals surface area contributed by atoms with E-state index in [1.54, 1.807) is 0 Å². The molecule has 1 aliphatic rings. The van der Waals surface area contributed by atoms with Crippen LogP contribution in [0.15, 0.2) is 34.3 Å². The van der Waals surface area contributed by atoms with Gasteiger partial charge in [0.25, 0.3) is 0 Å². The predicted octanol–water partition coefficient (Wildman–Crippen LogP) is 3.62. The lowest BCUT2D eigenvalue weighted by molar-refractivity contribution is 0.250. The third-order valence-corrected chi connectivity index (χ3v) is 4.53. The summed E-state index contributed by atoms with van der Waals surface area (Å²) in [7, 11) is 0. The Morgan fingerprint density at radius 3 is 3.00 bits per heavy atom. The Kier molecular flexibility index (Phi) is 4.55. The first-order valence-electron chi connectivity index (χ1n) is 7.38. The smallest absolute Gasteiger partial charge is 0.118 e. The van der Waals surface area contributed by atoms with Crippen LogP contribution in [0.3, 0.4) is 0 Å². The first-order valence-corrected chi connectivity index (χ1v) is 8.26. The largest absolute Gasteiger partial charge is 0.468 e.